The second-order valence-electron chi connectivity index (χ2n) is 7.56. The second kappa shape index (κ2) is 8.51. The van der Waals surface area contributed by atoms with Crippen molar-refractivity contribution in [3.63, 3.8) is 0 Å². The van der Waals surface area contributed by atoms with E-state index >= 15 is 0 Å². The Kier molecular flexibility index (Phi) is 5.25. The Morgan fingerprint density at radius 3 is 2.41 bits per heavy atom. The zero-order valence-corrected chi connectivity index (χ0v) is 17.7. The Morgan fingerprint density at radius 2 is 1.62 bits per heavy atom. The minimum Gasteiger partial charge on any atom is -0.416 e. The number of fused-ring (bicyclic) bond motifs is 1. The number of nitrogens with zero attached hydrogens (tertiary/aromatic N) is 3. The summed E-state index contributed by atoms with van der Waals surface area (Å²) >= 11 is 0. The lowest BCUT2D eigenvalue weighted by Crippen LogP contribution is -2.18. The second-order valence-corrected chi connectivity index (χ2v) is 7.56. The molecular formula is C26H22N4O2. The van der Waals surface area contributed by atoms with Crippen molar-refractivity contribution < 1.29 is 9.21 Å². The van der Waals surface area contributed by atoms with Crippen LogP contribution in [0.15, 0.2) is 89.5 Å². The van der Waals surface area contributed by atoms with Gasteiger partial charge in [-0.2, -0.15) is 0 Å². The van der Waals surface area contributed by atoms with Crippen molar-refractivity contribution in [1.82, 2.24) is 14.8 Å². The number of benzene rings is 3. The number of hydrogen-bond acceptors (Lipinski definition) is 4. The molecule has 6 heteroatoms. The van der Waals surface area contributed by atoms with Crippen molar-refractivity contribution in [2.45, 2.75) is 19.9 Å². The van der Waals surface area contributed by atoms with Crippen LogP contribution in [0, 0.1) is 0 Å². The molecule has 0 aliphatic carbocycles. The van der Waals surface area contributed by atoms with E-state index in [-0.39, 0.29) is 12.5 Å². The first-order valence-electron chi connectivity index (χ1n) is 10.6. The number of rotatable bonds is 6. The maximum absolute atomic E-state index is 12.7. The Morgan fingerprint density at radius 1 is 0.906 bits per heavy atom. The van der Waals surface area contributed by atoms with Gasteiger partial charge in [0, 0.05) is 28.4 Å². The highest BCUT2D eigenvalue weighted by molar-refractivity contribution is 5.96. The third-order valence-corrected chi connectivity index (χ3v) is 5.42. The summed E-state index contributed by atoms with van der Waals surface area (Å²) < 4.78 is 7.87. The molecule has 0 fully saturated rings. The van der Waals surface area contributed by atoms with Gasteiger partial charge in [-0.3, -0.25) is 4.79 Å². The first kappa shape index (κ1) is 19.8. The van der Waals surface area contributed by atoms with Gasteiger partial charge in [0.25, 0.3) is 0 Å². The number of aromatic nitrogens is 3. The number of nitrogens with one attached hydrogen (secondary N) is 1. The van der Waals surface area contributed by atoms with Gasteiger partial charge in [-0.15, -0.1) is 10.2 Å². The van der Waals surface area contributed by atoms with E-state index in [1.54, 1.807) is 0 Å². The standard InChI is InChI=1S/C26H22N4O2/c1-2-18-12-14-20(15-13-18)27-24(31)17-30-16-22(21-10-6-7-11-23(21)30)26-29-28-25(32-26)19-8-4-3-5-9-19/h3-16H,2,17H2,1H3,(H,27,31). The van der Waals surface area contributed by atoms with Gasteiger partial charge in [-0.1, -0.05) is 55.5 Å². The molecule has 0 atom stereocenters. The normalized spacial score (nSPS) is 11.0. The highest BCUT2D eigenvalue weighted by Gasteiger charge is 2.17. The summed E-state index contributed by atoms with van der Waals surface area (Å²) in [6.07, 6.45) is 2.86. The first-order chi connectivity index (χ1) is 15.7. The Hall–Kier alpha value is -4.19. The van der Waals surface area contributed by atoms with E-state index in [2.05, 4.69) is 22.4 Å². The van der Waals surface area contributed by atoms with E-state index in [0.29, 0.717) is 11.8 Å². The molecule has 3 aromatic carbocycles. The van der Waals surface area contributed by atoms with E-state index in [9.17, 15) is 4.79 Å². The summed E-state index contributed by atoms with van der Waals surface area (Å²) in [5.41, 5.74) is 4.61. The quantitative estimate of drug-likeness (QED) is 0.389. The number of carbonyl (C=O) groups excluding carboxylic acids is 1. The third-order valence-electron chi connectivity index (χ3n) is 5.42. The third kappa shape index (κ3) is 3.90. The maximum atomic E-state index is 12.7. The summed E-state index contributed by atoms with van der Waals surface area (Å²) in [7, 11) is 0. The first-order valence-corrected chi connectivity index (χ1v) is 10.6. The number of anilines is 1. The van der Waals surface area contributed by atoms with Crippen LogP contribution in [0.5, 0.6) is 0 Å². The number of aryl methyl sites for hydroxylation is 1. The molecular weight excluding hydrogens is 400 g/mol. The fourth-order valence-corrected chi connectivity index (χ4v) is 3.76. The zero-order valence-electron chi connectivity index (χ0n) is 17.7. The Labute approximate surface area is 185 Å². The SMILES string of the molecule is CCc1ccc(NC(=O)Cn2cc(-c3nnc(-c4ccccc4)o3)c3ccccc32)cc1. The maximum Gasteiger partial charge on any atom is 0.250 e. The van der Waals surface area contributed by atoms with Gasteiger partial charge in [0.05, 0.1) is 5.56 Å². The van der Waals surface area contributed by atoms with Crippen molar-refractivity contribution in [2.75, 3.05) is 5.32 Å². The summed E-state index contributed by atoms with van der Waals surface area (Å²) in [5, 5.41) is 12.4. The molecule has 0 saturated carbocycles. The molecule has 6 nitrogen and oxygen atoms in total. The lowest BCUT2D eigenvalue weighted by molar-refractivity contribution is -0.116. The number of hydrogen-bond donors (Lipinski definition) is 1. The van der Waals surface area contributed by atoms with Crippen LogP contribution < -0.4 is 5.32 Å². The van der Waals surface area contributed by atoms with Crippen molar-refractivity contribution in [1.29, 1.82) is 0 Å². The predicted octanol–water partition coefficient (Wildman–Crippen LogP) is 5.56. The molecule has 0 spiro atoms. The van der Waals surface area contributed by atoms with Crippen molar-refractivity contribution >= 4 is 22.5 Å². The van der Waals surface area contributed by atoms with Gasteiger partial charge < -0.3 is 14.3 Å². The number of amides is 1. The number of para-hydroxylation sites is 1. The van der Waals surface area contributed by atoms with Crippen LogP contribution in [0.1, 0.15) is 12.5 Å². The monoisotopic (exact) mass is 422 g/mol. The van der Waals surface area contributed by atoms with Crippen LogP contribution in [0.2, 0.25) is 0 Å². The molecule has 1 amide bonds. The van der Waals surface area contributed by atoms with E-state index in [0.717, 1.165) is 34.1 Å². The van der Waals surface area contributed by atoms with Gasteiger partial charge >= 0.3 is 0 Å². The van der Waals surface area contributed by atoms with Crippen molar-refractivity contribution in [3.05, 3.63) is 90.6 Å². The lowest BCUT2D eigenvalue weighted by Gasteiger charge is -2.08. The van der Waals surface area contributed by atoms with Crippen LogP contribution in [-0.4, -0.2) is 20.7 Å². The van der Waals surface area contributed by atoms with Crippen LogP contribution in [0.3, 0.4) is 0 Å². The highest BCUT2D eigenvalue weighted by atomic mass is 16.4. The van der Waals surface area contributed by atoms with E-state index in [1.807, 2.05) is 89.6 Å². The molecule has 1 N–H and O–H groups in total. The highest BCUT2D eigenvalue weighted by Crippen LogP contribution is 2.31. The summed E-state index contributed by atoms with van der Waals surface area (Å²) in [6.45, 7) is 2.28. The van der Waals surface area contributed by atoms with Crippen LogP contribution in [0.4, 0.5) is 5.69 Å². The van der Waals surface area contributed by atoms with E-state index in [4.69, 9.17) is 4.42 Å². The molecule has 158 valence electrons. The predicted molar refractivity (Wildman–Crippen MR) is 125 cm³/mol. The smallest absolute Gasteiger partial charge is 0.250 e. The summed E-state index contributed by atoms with van der Waals surface area (Å²) in [5.74, 6) is 0.789. The zero-order chi connectivity index (χ0) is 21.9. The van der Waals surface area contributed by atoms with Crippen molar-refractivity contribution in [3.8, 4) is 22.9 Å². The van der Waals surface area contributed by atoms with E-state index in [1.165, 1.54) is 5.56 Å². The molecule has 0 bridgehead atoms. The van der Waals surface area contributed by atoms with Crippen LogP contribution >= 0.6 is 0 Å². The fourth-order valence-electron chi connectivity index (χ4n) is 3.76. The topological polar surface area (TPSA) is 73.0 Å². The molecule has 5 rings (SSSR count). The van der Waals surface area contributed by atoms with Gasteiger partial charge in [0.2, 0.25) is 17.7 Å². The molecule has 0 aliphatic rings. The fraction of sp³-hybridized carbons (Fsp3) is 0.115. The number of carbonyl (C=O) groups is 1. The molecule has 2 aromatic heterocycles. The van der Waals surface area contributed by atoms with Gasteiger partial charge in [-0.25, -0.2) is 0 Å². The largest absolute Gasteiger partial charge is 0.416 e. The lowest BCUT2D eigenvalue weighted by atomic mass is 10.1. The molecule has 5 aromatic rings. The van der Waals surface area contributed by atoms with Gasteiger partial charge in [0.15, 0.2) is 0 Å². The average Bonchev–Trinajstić information content (AvgIpc) is 3.46. The van der Waals surface area contributed by atoms with Crippen molar-refractivity contribution in [2.24, 2.45) is 0 Å². The minimum absolute atomic E-state index is 0.0999. The molecule has 2 heterocycles. The Bertz CT molecular complexity index is 1370. The molecule has 0 unspecified atom stereocenters. The van der Waals surface area contributed by atoms with Gasteiger partial charge in [-0.05, 0) is 42.3 Å². The minimum atomic E-state index is -0.0999. The van der Waals surface area contributed by atoms with Gasteiger partial charge in [0.1, 0.15) is 6.54 Å². The Balaban J connectivity index is 1.43. The molecule has 0 radical (unpaired) electrons. The van der Waals surface area contributed by atoms with E-state index < -0.39 is 0 Å². The molecule has 32 heavy (non-hydrogen) atoms. The average molecular weight is 422 g/mol. The summed E-state index contributed by atoms with van der Waals surface area (Å²) in [4.78, 5) is 12.7. The summed E-state index contributed by atoms with van der Waals surface area (Å²) in [6, 6.07) is 25.5. The van der Waals surface area contributed by atoms with Crippen LogP contribution in [-0.2, 0) is 17.8 Å². The van der Waals surface area contributed by atoms with Crippen LogP contribution in [0.25, 0.3) is 33.8 Å². The molecule has 0 saturated heterocycles. The molecule has 0 aliphatic heterocycles.